The summed E-state index contributed by atoms with van der Waals surface area (Å²) in [6.45, 7) is 9.15. The minimum Gasteiger partial charge on any atom is -0.490 e. The Morgan fingerprint density at radius 2 is 2.00 bits per heavy atom. The van der Waals surface area contributed by atoms with Crippen LogP contribution >= 0.6 is 11.6 Å². The second-order valence-corrected chi connectivity index (χ2v) is 5.13. The van der Waals surface area contributed by atoms with Gasteiger partial charge >= 0.3 is 0 Å². The average Bonchev–Trinajstić information content (AvgIpc) is 2.28. The van der Waals surface area contributed by atoms with Crippen molar-refractivity contribution < 1.29 is 4.74 Å². The molecule has 0 unspecified atom stereocenters. The van der Waals surface area contributed by atoms with Crippen molar-refractivity contribution in [2.75, 3.05) is 6.61 Å². The van der Waals surface area contributed by atoms with Gasteiger partial charge in [0.2, 0.25) is 0 Å². The topological polar surface area (TPSA) is 35.0 Å². The monoisotopic (exact) mass is 256 g/mol. The Labute approximate surface area is 109 Å². The van der Waals surface area contributed by atoms with Crippen LogP contribution in [-0.2, 0) is 5.88 Å². The van der Waals surface area contributed by atoms with E-state index in [9.17, 15) is 0 Å². The van der Waals surface area contributed by atoms with E-state index in [0.717, 1.165) is 17.9 Å². The lowest BCUT2D eigenvalue weighted by atomic mass is 10.1. The summed E-state index contributed by atoms with van der Waals surface area (Å²) in [5.74, 6) is 2.83. The molecule has 0 spiro atoms. The van der Waals surface area contributed by atoms with E-state index in [-0.39, 0.29) is 0 Å². The third-order valence-electron chi connectivity index (χ3n) is 2.44. The van der Waals surface area contributed by atoms with Crippen molar-refractivity contribution in [3.8, 4) is 5.75 Å². The van der Waals surface area contributed by atoms with Crippen LogP contribution in [0.3, 0.4) is 0 Å². The molecule has 0 atom stereocenters. The van der Waals surface area contributed by atoms with E-state index >= 15 is 0 Å². The minimum absolute atomic E-state index is 0.307. The van der Waals surface area contributed by atoms with Crippen LogP contribution in [-0.4, -0.2) is 16.6 Å². The molecule has 1 aromatic rings. The molecule has 0 aliphatic carbocycles. The molecule has 0 saturated heterocycles. The lowest BCUT2D eigenvalue weighted by Gasteiger charge is -2.12. The smallest absolute Gasteiger partial charge is 0.160 e. The first-order valence-electron chi connectivity index (χ1n) is 6.09. The number of hydrogen-bond donors (Lipinski definition) is 0. The van der Waals surface area contributed by atoms with Crippen molar-refractivity contribution in [3.05, 3.63) is 17.7 Å². The first kappa shape index (κ1) is 14.2. The van der Waals surface area contributed by atoms with Gasteiger partial charge in [0, 0.05) is 5.92 Å². The molecule has 96 valence electrons. The first-order chi connectivity index (χ1) is 8.04. The highest BCUT2D eigenvalue weighted by Crippen LogP contribution is 2.20. The van der Waals surface area contributed by atoms with Gasteiger partial charge in [-0.25, -0.2) is 9.97 Å². The Morgan fingerprint density at radius 3 is 2.53 bits per heavy atom. The zero-order chi connectivity index (χ0) is 12.8. The van der Waals surface area contributed by atoms with E-state index in [0.29, 0.717) is 30.1 Å². The first-order valence-corrected chi connectivity index (χ1v) is 6.62. The molecule has 0 bridgehead atoms. The van der Waals surface area contributed by atoms with Crippen molar-refractivity contribution in [3.63, 3.8) is 0 Å². The fraction of sp³-hybridized carbons (Fsp3) is 0.692. The lowest BCUT2D eigenvalue weighted by Crippen LogP contribution is -2.07. The molecular formula is C13H21ClN2O. The molecule has 0 saturated carbocycles. The van der Waals surface area contributed by atoms with Gasteiger partial charge in [-0.2, -0.15) is 0 Å². The second kappa shape index (κ2) is 6.80. The Hall–Kier alpha value is -0.830. The van der Waals surface area contributed by atoms with E-state index in [1.807, 2.05) is 0 Å². The Kier molecular flexibility index (Phi) is 5.69. The van der Waals surface area contributed by atoms with E-state index in [4.69, 9.17) is 16.3 Å². The number of rotatable bonds is 6. The lowest BCUT2D eigenvalue weighted by molar-refractivity contribution is 0.284. The predicted molar refractivity (Wildman–Crippen MR) is 70.6 cm³/mol. The SMILES string of the molecule is CC(C)CCOc1cnc(C(C)C)nc1CCl. The number of ether oxygens (including phenoxy) is 1. The molecule has 0 radical (unpaired) electrons. The molecule has 1 aromatic heterocycles. The predicted octanol–water partition coefficient (Wildman–Crippen LogP) is 3.76. The van der Waals surface area contributed by atoms with E-state index in [2.05, 4.69) is 37.7 Å². The van der Waals surface area contributed by atoms with Gasteiger partial charge in [0.1, 0.15) is 11.5 Å². The molecule has 1 heterocycles. The average molecular weight is 257 g/mol. The molecule has 0 aliphatic heterocycles. The number of hydrogen-bond acceptors (Lipinski definition) is 3. The maximum Gasteiger partial charge on any atom is 0.160 e. The summed E-state index contributed by atoms with van der Waals surface area (Å²) in [6, 6.07) is 0. The fourth-order valence-electron chi connectivity index (χ4n) is 1.32. The maximum absolute atomic E-state index is 5.88. The summed E-state index contributed by atoms with van der Waals surface area (Å²) in [6.07, 6.45) is 2.76. The van der Waals surface area contributed by atoms with Crippen LogP contribution in [0.2, 0.25) is 0 Å². The minimum atomic E-state index is 0.307. The van der Waals surface area contributed by atoms with Crippen LogP contribution in [0.1, 0.15) is 51.6 Å². The Balaban J connectivity index is 2.71. The van der Waals surface area contributed by atoms with Crippen molar-refractivity contribution in [1.82, 2.24) is 9.97 Å². The van der Waals surface area contributed by atoms with Crippen LogP contribution in [0.15, 0.2) is 6.20 Å². The Bertz CT molecular complexity index is 353. The summed E-state index contributed by atoms with van der Waals surface area (Å²) in [5, 5.41) is 0. The van der Waals surface area contributed by atoms with Crippen molar-refractivity contribution in [1.29, 1.82) is 0 Å². The highest BCUT2D eigenvalue weighted by molar-refractivity contribution is 6.17. The van der Waals surface area contributed by atoms with Crippen LogP contribution in [0, 0.1) is 5.92 Å². The maximum atomic E-state index is 5.88. The fourth-order valence-corrected chi connectivity index (χ4v) is 1.51. The molecule has 4 heteroatoms. The molecule has 0 aromatic carbocycles. The Morgan fingerprint density at radius 1 is 1.29 bits per heavy atom. The largest absolute Gasteiger partial charge is 0.490 e. The molecule has 0 aliphatic rings. The molecular weight excluding hydrogens is 236 g/mol. The van der Waals surface area contributed by atoms with E-state index < -0.39 is 0 Å². The van der Waals surface area contributed by atoms with Crippen LogP contribution in [0.25, 0.3) is 0 Å². The summed E-state index contributed by atoms with van der Waals surface area (Å²) in [4.78, 5) is 8.71. The summed E-state index contributed by atoms with van der Waals surface area (Å²) in [7, 11) is 0. The van der Waals surface area contributed by atoms with E-state index in [1.165, 1.54) is 0 Å². The molecule has 0 fully saturated rings. The van der Waals surface area contributed by atoms with Gasteiger partial charge in [0.15, 0.2) is 5.75 Å². The normalized spacial score (nSPS) is 11.2. The molecule has 0 amide bonds. The van der Waals surface area contributed by atoms with Crippen molar-refractivity contribution in [2.24, 2.45) is 5.92 Å². The third-order valence-corrected chi connectivity index (χ3v) is 2.70. The van der Waals surface area contributed by atoms with E-state index in [1.54, 1.807) is 6.20 Å². The van der Waals surface area contributed by atoms with Crippen LogP contribution < -0.4 is 4.74 Å². The van der Waals surface area contributed by atoms with Gasteiger partial charge < -0.3 is 4.74 Å². The zero-order valence-electron chi connectivity index (χ0n) is 11.0. The highest BCUT2D eigenvalue weighted by Gasteiger charge is 2.10. The summed E-state index contributed by atoms with van der Waals surface area (Å²) < 4.78 is 5.66. The van der Waals surface area contributed by atoms with Crippen LogP contribution in [0.4, 0.5) is 0 Å². The van der Waals surface area contributed by atoms with Crippen molar-refractivity contribution >= 4 is 11.6 Å². The molecule has 17 heavy (non-hydrogen) atoms. The second-order valence-electron chi connectivity index (χ2n) is 4.86. The summed E-state index contributed by atoms with van der Waals surface area (Å²) >= 11 is 5.88. The quantitative estimate of drug-likeness (QED) is 0.727. The molecule has 1 rings (SSSR count). The van der Waals surface area contributed by atoms with Gasteiger partial charge in [-0.15, -0.1) is 11.6 Å². The van der Waals surface area contributed by atoms with Crippen LogP contribution in [0.5, 0.6) is 5.75 Å². The number of halogens is 1. The number of aromatic nitrogens is 2. The van der Waals surface area contributed by atoms with Gasteiger partial charge in [-0.1, -0.05) is 27.7 Å². The standard InChI is InChI=1S/C13H21ClN2O/c1-9(2)5-6-17-12-8-15-13(10(3)4)16-11(12)7-14/h8-10H,5-7H2,1-4H3. The molecule has 0 N–H and O–H groups in total. The third kappa shape index (κ3) is 4.50. The number of nitrogens with zero attached hydrogens (tertiary/aromatic N) is 2. The summed E-state index contributed by atoms with van der Waals surface area (Å²) in [5.41, 5.74) is 0.786. The van der Waals surface area contributed by atoms with Gasteiger partial charge in [0.25, 0.3) is 0 Å². The van der Waals surface area contributed by atoms with Gasteiger partial charge in [-0.05, 0) is 12.3 Å². The van der Waals surface area contributed by atoms with Gasteiger partial charge in [0.05, 0.1) is 18.7 Å². The highest BCUT2D eigenvalue weighted by atomic mass is 35.5. The number of alkyl halides is 1. The van der Waals surface area contributed by atoms with Gasteiger partial charge in [-0.3, -0.25) is 0 Å². The molecule has 3 nitrogen and oxygen atoms in total. The zero-order valence-corrected chi connectivity index (χ0v) is 11.8. The van der Waals surface area contributed by atoms with Crippen molar-refractivity contribution in [2.45, 2.75) is 45.9 Å².